The second kappa shape index (κ2) is 11.0. The van der Waals surface area contributed by atoms with Crippen molar-refractivity contribution in [3.8, 4) is 22.6 Å². The van der Waals surface area contributed by atoms with E-state index < -0.39 is 5.60 Å². The van der Waals surface area contributed by atoms with Gasteiger partial charge in [0.15, 0.2) is 5.60 Å². The fraction of sp³-hybridized carbons (Fsp3) is 0.344. The summed E-state index contributed by atoms with van der Waals surface area (Å²) in [6, 6.07) is 21.5. The van der Waals surface area contributed by atoms with E-state index in [0.717, 1.165) is 54.2 Å². The molecule has 2 heterocycles. The number of ether oxygens (including phenoxy) is 2. The molecule has 0 aliphatic carbocycles. The molecule has 3 aromatic rings. The second-order valence-electron chi connectivity index (χ2n) is 10.9. The predicted octanol–water partition coefficient (Wildman–Crippen LogP) is 5.23. The molecule has 3 N–H and O–H groups in total. The lowest BCUT2D eigenvalue weighted by atomic mass is 9.99. The summed E-state index contributed by atoms with van der Waals surface area (Å²) in [5.41, 5.74) is 9.03. The SMILES string of the molecule is CN=C(C)N1CCC(Oc2ccc3c(c2)N(Cc2cccc(-c4cccc(C(=N)N)c4)c2)C(=O)C(C)(C)O3)CC1. The molecule has 208 valence electrons. The highest BCUT2D eigenvalue weighted by molar-refractivity contribution is 6.02. The van der Waals surface area contributed by atoms with Crippen molar-refractivity contribution in [1.82, 2.24) is 4.90 Å². The van der Waals surface area contributed by atoms with Crippen LogP contribution in [0.4, 0.5) is 5.69 Å². The van der Waals surface area contributed by atoms with Crippen LogP contribution in [0.5, 0.6) is 11.5 Å². The van der Waals surface area contributed by atoms with Crippen molar-refractivity contribution in [3.05, 3.63) is 77.9 Å². The Morgan fingerprint density at radius 1 is 1.07 bits per heavy atom. The highest BCUT2D eigenvalue weighted by Crippen LogP contribution is 2.41. The van der Waals surface area contributed by atoms with Gasteiger partial charge >= 0.3 is 0 Å². The first kappa shape index (κ1) is 27.2. The summed E-state index contributed by atoms with van der Waals surface area (Å²) in [7, 11) is 1.82. The topological polar surface area (TPSA) is 104 Å². The molecule has 0 radical (unpaired) electrons. The molecule has 3 aromatic carbocycles. The second-order valence-corrected chi connectivity index (χ2v) is 10.9. The molecule has 1 amide bonds. The number of likely N-dealkylation sites (tertiary alicyclic amines) is 1. The molecule has 1 saturated heterocycles. The summed E-state index contributed by atoms with van der Waals surface area (Å²) in [6.45, 7) is 7.84. The molecule has 5 rings (SSSR count). The largest absolute Gasteiger partial charge is 0.490 e. The predicted molar refractivity (Wildman–Crippen MR) is 159 cm³/mol. The third-order valence-corrected chi connectivity index (χ3v) is 7.65. The zero-order chi connectivity index (χ0) is 28.4. The standard InChI is InChI=1S/C32H37N5O3/c1-21(35-4)36-15-13-26(14-16-36)39-27-11-12-29-28(19-27)37(31(38)32(2,3)40-29)20-22-7-5-8-23(17-22)24-9-6-10-25(18-24)30(33)34/h5-12,17-19,26H,13-16,20H2,1-4H3,(H3,33,34). The first-order valence-corrected chi connectivity index (χ1v) is 13.7. The maximum Gasteiger partial charge on any atom is 0.271 e. The van der Waals surface area contributed by atoms with Gasteiger partial charge in [-0.25, -0.2) is 0 Å². The number of anilines is 1. The minimum atomic E-state index is -0.992. The third kappa shape index (κ3) is 5.66. The van der Waals surface area contributed by atoms with E-state index in [2.05, 4.69) is 16.0 Å². The van der Waals surface area contributed by atoms with Gasteiger partial charge in [-0.15, -0.1) is 0 Å². The number of amides is 1. The first-order chi connectivity index (χ1) is 19.1. The summed E-state index contributed by atoms with van der Waals surface area (Å²) in [4.78, 5) is 22.0. The van der Waals surface area contributed by atoms with Gasteiger partial charge < -0.3 is 25.0 Å². The van der Waals surface area contributed by atoms with E-state index in [1.165, 1.54) is 0 Å². The van der Waals surface area contributed by atoms with Crippen LogP contribution in [0, 0.1) is 5.41 Å². The minimum Gasteiger partial charge on any atom is -0.490 e. The van der Waals surface area contributed by atoms with Crippen LogP contribution >= 0.6 is 0 Å². The van der Waals surface area contributed by atoms with Crippen LogP contribution in [0.15, 0.2) is 71.7 Å². The fourth-order valence-electron chi connectivity index (χ4n) is 5.31. The highest BCUT2D eigenvalue weighted by Gasteiger charge is 2.41. The number of rotatable bonds is 6. The number of carbonyl (C=O) groups excluding carboxylic acids is 1. The molecular formula is C32H37N5O3. The number of nitrogens with one attached hydrogen (secondary N) is 1. The Morgan fingerprint density at radius 2 is 1.77 bits per heavy atom. The molecule has 0 bridgehead atoms. The Hall–Kier alpha value is -4.33. The van der Waals surface area contributed by atoms with Crippen LogP contribution in [0.25, 0.3) is 11.1 Å². The van der Waals surface area contributed by atoms with E-state index in [1.807, 2.05) is 74.6 Å². The Kier molecular flexibility index (Phi) is 7.52. The van der Waals surface area contributed by atoms with Crippen LogP contribution < -0.4 is 20.1 Å². The molecule has 40 heavy (non-hydrogen) atoms. The third-order valence-electron chi connectivity index (χ3n) is 7.65. The smallest absolute Gasteiger partial charge is 0.271 e. The van der Waals surface area contributed by atoms with Crippen molar-refractivity contribution in [2.45, 2.75) is 51.9 Å². The monoisotopic (exact) mass is 539 g/mol. The van der Waals surface area contributed by atoms with Gasteiger partial charge in [0.25, 0.3) is 5.91 Å². The normalized spacial score (nSPS) is 17.3. The Bertz CT molecular complexity index is 1460. The number of nitrogen functional groups attached to an aromatic ring is 1. The zero-order valence-corrected chi connectivity index (χ0v) is 23.6. The number of aliphatic imine (C=N–C) groups is 1. The molecule has 0 spiro atoms. The summed E-state index contributed by atoms with van der Waals surface area (Å²) in [5.74, 6) is 2.37. The molecule has 0 saturated carbocycles. The van der Waals surface area contributed by atoms with Gasteiger partial charge in [0.2, 0.25) is 0 Å². The van der Waals surface area contributed by atoms with E-state index in [-0.39, 0.29) is 17.8 Å². The molecule has 2 aliphatic heterocycles. The number of fused-ring (bicyclic) bond motifs is 1. The lowest BCUT2D eigenvalue weighted by Crippen LogP contribution is -2.52. The maximum absolute atomic E-state index is 13.6. The molecule has 0 aromatic heterocycles. The average Bonchev–Trinajstić information content (AvgIpc) is 2.96. The van der Waals surface area contributed by atoms with Crippen molar-refractivity contribution in [3.63, 3.8) is 0 Å². The van der Waals surface area contributed by atoms with Gasteiger partial charge in [0.05, 0.1) is 18.1 Å². The van der Waals surface area contributed by atoms with Crippen molar-refractivity contribution < 1.29 is 14.3 Å². The number of benzene rings is 3. The molecule has 1 fully saturated rings. The minimum absolute atomic E-state index is 0.0317. The van der Waals surface area contributed by atoms with Gasteiger partial charge in [0, 0.05) is 44.6 Å². The Balaban J connectivity index is 1.39. The van der Waals surface area contributed by atoms with Gasteiger partial charge in [-0.2, -0.15) is 0 Å². The van der Waals surface area contributed by atoms with Gasteiger partial charge in [-0.05, 0) is 61.7 Å². The molecule has 0 atom stereocenters. The maximum atomic E-state index is 13.6. The number of hydrogen-bond donors (Lipinski definition) is 2. The Labute approximate surface area is 235 Å². The summed E-state index contributed by atoms with van der Waals surface area (Å²) in [5, 5.41) is 7.77. The zero-order valence-electron chi connectivity index (χ0n) is 23.6. The molecule has 8 nitrogen and oxygen atoms in total. The molecule has 8 heteroatoms. The van der Waals surface area contributed by atoms with Crippen molar-refractivity contribution in [2.24, 2.45) is 10.7 Å². The highest BCUT2D eigenvalue weighted by atomic mass is 16.5. The van der Waals surface area contributed by atoms with Crippen molar-refractivity contribution in [2.75, 3.05) is 25.0 Å². The number of nitrogens with zero attached hydrogens (tertiary/aromatic N) is 3. The van der Waals surface area contributed by atoms with E-state index >= 15 is 0 Å². The lowest BCUT2D eigenvalue weighted by molar-refractivity contribution is -0.132. The fourth-order valence-corrected chi connectivity index (χ4v) is 5.31. The van der Waals surface area contributed by atoms with E-state index in [9.17, 15) is 4.79 Å². The quantitative estimate of drug-likeness (QED) is 0.330. The molecular weight excluding hydrogens is 502 g/mol. The summed E-state index contributed by atoms with van der Waals surface area (Å²) < 4.78 is 12.5. The molecule has 0 unspecified atom stereocenters. The summed E-state index contributed by atoms with van der Waals surface area (Å²) in [6.07, 6.45) is 1.92. The lowest BCUT2D eigenvalue weighted by Gasteiger charge is -2.39. The van der Waals surface area contributed by atoms with E-state index in [4.69, 9.17) is 20.6 Å². The average molecular weight is 540 g/mol. The van der Waals surface area contributed by atoms with E-state index in [1.54, 1.807) is 18.7 Å². The summed E-state index contributed by atoms with van der Waals surface area (Å²) >= 11 is 0. The molecule has 2 aliphatic rings. The Morgan fingerprint density at radius 3 is 2.48 bits per heavy atom. The van der Waals surface area contributed by atoms with Crippen molar-refractivity contribution >= 4 is 23.3 Å². The van der Waals surface area contributed by atoms with Crippen LogP contribution in [-0.2, 0) is 11.3 Å². The van der Waals surface area contributed by atoms with Crippen LogP contribution in [0.3, 0.4) is 0 Å². The van der Waals surface area contributed by atoms with E-state index in [0.29, 0.717) is 23.5 Å². The van der Waals surface area contributed by atoms with Crippen LogP contribution in [-0.4, -0.2) is 54.3 Å². The number of nitrogens with two attached hydrogens (primary N) is 1. The first-order valence-electron chi connectivity index (χ1n) is 13.7. The number of hydrogen-bond acceptors (Lipinski definition) is 5. The number of carbonyl (C=O) groups is 1. The van der Waals surface area contributed by atoms with Crippen LogP contribution in [0.1, 0.15) is 44.7 Å². The van der Waals surface area contributed by atoms with Gasteiger partial charge in [-0.3, -0.25) is 15.2 Å². The van der Waals surface area contributed by atoms with Crippen LogP contribution in [0.2, 0.25) is 0 Å². The van der Waals surface area contributed by atoms with Gasteiger partial charge in [0.1, 0.15) is 23.4 Å². The van der Waals surface area contributed by atoms with Gasteiger partial charge in [-0.1, -0.05) is 36.4 Å². The number of amidine groups is 2. The van der Waals surface area contributed by atoms with Crippen molar-refractivity contribution in [1.29, 1.82) is 5.41 Å². The number of piperidine rings is 1.